The van der Waals surface area contributed by atoms with Gasteiger partial charge < -0.3 is 10.4 Å². The summed E-state index contributed by atoms with van der Waals surface area (Å²) >= 11 is 0. The highest BCUT2D eigenvalue weighted by molar-refractivity contribution is 5.94. The van der Waals surface area contributed by atoms with Crippen LogP contribution in [0, 0.1) is 11.7 Å². The van der Waals surface area contributed by atoms with Crippen LogP contribution in [0.15, 0.2) is 30.6 Å². The molecule has 0 unspecified atom stereocenters. The Bertz CT molecular complexity index is 448. The van der Waals surface area contributed by atoms with Gasteiger partial charge in [0, 0.05) is 24.8 Å². The van der Waals surface area contributed by atoms with Crippen LogP contribution in [0.1, 0.15) is 16.8 Å². The number of rotatable bonds is 3. The topological polar surface area (TPSA) is 62.2 Å². The number of aliphatic hydroxyl groups excluding tert-OH is 1. The Hall–Kier alpha value is -1.75. The minimum Gasteiger partial charge on any atom is -0.396 e. The van der Waals surface area contributed by atoms with Gasteiger partial charge in [-0.15, -0.1) is 0 Å². The molecule has 0 fully saturated rings. The normalized spacial score (nSPS) is 22.7. The Morgan fingerprint density at radius 2 is 2.35 bits per heavy atom. The molecule has 0 bridgehead atoms. The fraction of sp³-hybridized carbons (Fsp3) is 0.333. The van der Waals surface area contributed by atoms with E-state index in [4.69, 9.17) is 5.11 Å². The zero-order chi connectivity index (χ0) is 12.3. The van der Waals surface area contributed by atoms with E-state index in [2.05, 4.69) is 10.3 Å². The third kappa shape index (κ3) is 2.88. The molecule has 1 heterocycles. The van der Waals surface area contributed by atoms with Crippen LogP contribution in [-0.4, -0.2) is 28.6 Å². The Morgan fingerprint density at radius 3 is 3.00 bits per heavy atom. The second kappa shape index (κ2) is 5.05. The largest absolute Gasteiger partial charge is 0.396 e. The number of pyridine rings is 1. The summed E-state index contributed by atoms with van der Waals surface area (Å²) in [5.74, 6) is -0.802. The third-order valence-corrected chi connectivity index (χ3v) is 2.69. The van der Waals surface area contributed by atoms with Crippen molar-refractivity contribution in [3.63, 3.8) is 0 Å². The molecule has 0 aromatic carbocycles. The monoisotopic (exact) mass is 236 g/mol. The zero-order valence-corrected chi connectivity index (χ0v) is 9.14. The highest BCUT2D eigenvalue weighted by Crippen LogP contribution is 2.17. The molecule has 1 aliphatic rings. The molecular weight excluding hydrogens is 223 g/mol. The summed E-state index contributed by atoms with van der Waals surface area (Å²) in [6.07, 6.45) is 6.75. The van der Waals surface area contributed by atoms with E-state index in [0.29, 0.717) is 6.42 Å². The smallest absolute Gasteiger partial charge is 0.253 e. The lowest BCUT2D eigenvalue weighted by atomic mass is 10.1. The second-order valence-corrected chi connectivity index (χ2v) is 4.04. The molecule has 1 aromatic rings. The number of halogens is 1. The number of hydrogen-bond acceptors (Lipinski definition) is 3. The number of carbonyl (C=O) groups is 1. The van der Waals surface area contributed by atoms with Gasteiger partial charge in [-0.25, -0.2) is 4.39 Å². The third-order valence-electron chi connectivity index (χ3n) is 2.69. The van der Waals surface area contributed by atoms with Gasteiger partial charge in [0.15, 0.2) is 0 Å². The van der Waals surface area contributed by atoms with Gasteiger partial charge in [0.2, 0.25) is 0 Å². The molecular formula is C12H13FN2O2. The van der Waals surface area contributed by atoms with E-state index in [1.807, 2.05) is 12.2 Å². The van der Waals surface area contributed by atoms with Gasteiger partial charge in [0.25, 0.3) is 5.91 Å². The van der Waals surface area contributed by atoms with Gasteiger partial charge >= 0.3 is 0 Å². The van der Waals surface area contributed by atoms with E-state index >= 15 is 0 Å². The van der Waals surface area contributed by atoms with E-state index in [0.717, 1.165) is 12.3 Å². The van der Waals surface area contributed by atoms with E-state index in [1.165, 1.54) is 6.20 Å². The fourth-order valence-corrected chi connectivity index (χ4v) is 1.80. The van der Waals surface area contributed by atoms with Crippen LogP contribution in [0.4, 0.5) is 4.39 Å². The van der Waals surface area contributed by atoms with E-state index in [1.54, 1.807) is 0 Å². The van der Waals surface area contributed by atoms with Crippen molar-refractivity contribution in [2.75, 3.05) is 6.61 Å². The van der Waals surface area contributed by atoms with Crippen LogP contribution in [0.25, 0.3) is 0 Å². The first-order chi connectivity index (χ1) is 8.19. The van der Waals surface area contributed by atoms with Crippen LogP contribution < -0.4 is 5.32 Å². The van der Waals surface area contributed by atoms with Crippen LogP contribution in [0.5, 0.6) is 0 Å². The van der Waals surface area contributed by atoms with Crippen molar-refractivity contribution in [1.29, 1.82) is 0 Å². The molecule has 0 saturated heterocycles. The molecule has 17 heavy (non-hydrogen) atoms. The standard InChI is InChI=1S/C12H13FN2O2/c13-10-4-9(5-14-6-10)12(17)15-11-2-1-8(3-11)7-16/h1-2,4-6,8,11,16H,3,7H2,(H,15,17)/t8-,11+/m0/s1. The first-order valence-corrected chi connectivity index (χ1v) is 5.39. The van der Waals surface area contributed by atoms with Gasteiger partial charge in [-0.2, -0.15) is 0 Å². The fourth-order valence-electron chi connectivity index (χ4n) is 1.80. The zero-order valence-electron chi connectivity index (χ0n) is 9.14. The van der Waals surface area contributed by atoms with E-state index in [-0.39, 0.29) is 30.0 Å². The molecule has 1 aromatic heterocycles. The lowest BCUT2D eigenvalue weighted by Gasteiger charge is -2.12. The Kier molecular flexibility index (Phi) is 3.49. The number of hydrogen-bond donors (Lipinski definition) is 2. The first kappa shape index (κ1) is 11.7. The number of carbonyl (C=O) groups excluding carboxylic acids is 1. The predicted molar refractivity (Wildman–Crippen MR) is 59.8 cm³/mol. The van der Waals surface area contributed by atoms with Crippen molar-refractivity contribution in [3.05, 3.63) is 42.0 Å². The molecule has 0 aliphatic heterocycles. The van der Waals surface area contributed by atoms with Crippen LogP contribution in [-0.2, 0) is 0 Å². The maximum Gasteiger partial charge on any atom is 0.253 e. The molecule has 1 amide bonds. The molecule has 4 nitrogen and oxygen atoms in total. The summed E-state index contributed by atoms with van der Waals surface area (Å²) in [4.78, 5) is 15.4. The highest BCUT2D eigenvalue weighted by Gasteiger charge is 2.20. The number of amides is 1. The van der Waals surface area contributed by atoms with E-state index in [9.17, 15) is 9.18 Å². The van der Waals surface area contributed by atoms with Gasteiger partial charge in [-0.3, -0.25) is 9.78 Å². The van der Waals surface area contributed by atoms with Crippen LogP contribution in [0.3, 0.4) is 0 Å². The summed E-state index contributed by atoms with van der Waals surface area (Å²) in [7, 11) is 0. The van der Waals surface area contributed by atoms with Crippen molar-refractivity contribution >= 4 is 5.91 Å². The average molecular weight is 236 g/mol. The number of aliphatic hydroxyl groups is 1. The summed E-state index contributed by atoms with van der Waals surface area (Å²) < 4.78 is 12.9. The molecule has 0 spiro atoms. The SMILES string of the molecule is O=C(N[C@@H]1C=C[C@H](CO)C1)c1cncc(F)c1. The lowest BCUT2D eigenvalue weighted by Crippen LogP contribution is -2.33. The van der Waals surface area contributed by atoms with Gasteiger partial charge in [-0.1, -0.05) is 12.2 Å². The minimum atomic E-state index is -0.534. The van der Waals surface area contributed by atoms with Crippen molar-refractivity contribution in [2.45, 2.75) is 12.5 Å². The van der Waals surface area contributed by atoms with Crippen molar-refractivity contribution in [3.8, 4) is 0 Å². The number of aromatic nitrogens is 1. The van der Waals surface area contributed by atoms with Crippen molar-refractivity contribution in [1.82, 2.24) is 10.3 Å². The van der Waals surface area contributed by atoms with Crippen molar-refractivity contribution < 1.29 is 14.3 Å². The Morgan fingerprint density at radius 1 is 1.53 bits per heavy atom. The van der Waals surface area contributed by atoms with Gasteiger partial charge in [-0.05, 0) is 12.5 Å². The minimum absolute atomic E-state index is 0.0738. The molecule has 90 valence electrons. The molecule has 0 radical (unpaired) electrons. The molecule has 2 N–H and O–H groups in total. The maximum absolute atomic E-state index is 12.9. The van der Waals surface area contributed by atoms with E-state index < -0.39 is 5.82 Å². The van der Waals surface area contributed by atoms with Gasteiger partial charge in [0.05, 0.1) is 11.8 Å². The average Bonchev–Trinajstić information content (AvgIpc) is 2.77. The van der Waals surface area contributed by atoms with Crippen LogP contribution >= 0.6 is 0 Å². The first-order valence-electron chi connectivity index (χ1n) is 5.39. The molecule has 0 saturated carbocycles. The number of nitrogens with one attached hydrogen (secondary N) is 1. The molecule has 2 atom stereocenters. The summed E-state index contributed by atoms with van der Waals surface area (Å²) in [6.45, 7) is 0.0738. The van der Waals surface area contributed by atoms with Gasteiger partial charge in [0.1, 0.15) is 5.82 Å². The highest BCUT2D eigenvalue weighted by atomic mass is 19.1. The predicted octanol–water partition coefficient (Wildman–Crippen LogP) is 0.887. The summed E-state index contributed by atoms with van der Waals surface area (Å²) in [5.41, 5.74) is 0.200. The quantitative estimate of drug-likeness (QED) is 0.766. The number of nitrogens with zero attached hydrogens (tertiary/aromatic N) is 1. The summed E-state index contributed by atoms with van der Waals surface area (Å²) in [5, 5.41) is 11.7. The second-order valence-electron chi connectivity index (χ2n) is 4.04. The Labute approximate surface area is 98.2 Å². The molecule has 1 aliphatic carbocycles. The lowest BCUT2D eigenvalue weighted by molar-refractivity contribution is 0.0940. The van der Waals surface area contributed by atoms with Crippen molar-refractivity contribution in [2.24, 2.45) is 5.92 Å². The molecule has 2 rings (SSSR count). The molecule has 5 heteroatoms. The van der Waals surface area contributed by atoms with Crippen LogP contribution in [0.2, 0.25) is 0 Å². The maximum atomic E-state index is 12.9. The summed E-state index contributed by atoms with van der Waals surface area (Å²) in [6, 6.07) is 1.03. The Balaban J connectivity index is 1.96.